The standard InChI is InChI=1S/C7H7ClO3S/c1-5-2-3-6(4-7(5)8)12-11-10-9/h2-4,9H,1H3. The van der Waals surface area contributed by atoms with Crippen molar-refractivity contribution in [1.29, 1.82) is 0 Å². The third-order valence-electron chi connectivity index (χ3n) is 1.30. The van der Waals surface area contributed by atoms with Gasteiger partial charge in [0.2, 0.25) is 0 Å². The zero-order chi connectivity index (χ0) is 8.97. The largest absolute Gasteiger partial charge is 0.220 e. The molecule has 0 saturated carbocycles. The first kappa shape index (κ1) is 9.83. The van der Waals surface area contributed by atoms with Gasteiger partial charge in [0.25, 0.3) is 0 Å². The molecule has 0 aromatic heterocycles. The maximum Gasteiger partial charge on any atom is 0.0714 e. The average molecular weight is 207 g/mol. The van der Waals surface area contributed by atoms with E-state index in [1.54, 1.807) is 6.07 Å². The van der Waals surface area contributed by atoms with Gasteiger partial charge in [0.05, 0.1) is 12.0 Å². The van der Waals surface area contributed by atoms with Crippen LogP contribution in [0, 0.1) is 6.92 Å². The summed E-state index contributed by atoms with van der Waals surface area (Å²) >= 11 is 6.71. The Morgan fingerprint density at radius 2 is 2.25 bits per heavy atom. The fraction of sp³-hybridized carbons (Fsp3) is 0.143. The normalized spacial score (nSPS) is 10.2. The van der Waals surface area contributed by atoms with E-state index in [2.05, 4.69) is 9.37 Å². The van der Waals surface area contributed by atoms with Crippen LogP contribution in [-0.4, -0.2) is 5.26 Å². The molecule has 0 radical (unpaired) electrons. The Kier molecular flexibility index (Phi) is 3.84. The third-order valence-corrected chi connectivity index (χ3v) is 2.29. The first-order valence-electron chi connectivity index (χ1n) is 3.15. The predicted octanol–water partition coefficient (Wildman–Crippen LogP) is 3.08. The van der Waals surface area contributed by atoms with Crippen molar-refractivity contribution >= 4 is 23.6 Å². The zero-order valence-electron chi connectivity index (χ0n) is 6.28. The van der Waals surface area contributed by atoms with E-state index < -0.39 is 0 Å². The van der Waals surface area contributed by atoms with Crippen LogP contribution < -0.4 is 0 Å². The van der Waals surface area contributed by atoms with Gasteiger partial charge in [0.1, 0.15) is 0 Å². The van der Waals surface area contributed by atoms with Crippen molar-refractivity contribution < 1.29 is 14.6 Å². The van der Waals surface area contributed by atoms with Crippen LogP contribution in [0.5, 0.6) is 0 Å². The van der Waals surface area contributed by atoms with Gasteiger partial charge in [-0.1, -0.05) is 22.7 Å². The molecular formula is C7H7ClO3S. The van der Waals surface area contributed by atoms with E-state index in [1.807, 2.05) is 19.1 Å². The fourth-order valence-corrected chi connectivity index (χ4v) is 1.32. The highest BCUT2D eigenvalue weighted by Crippen LogP contribution is 2.24. The molecule has 0 saturated heterocycles. The number of halogens is 1. The summed E-state index contributed by atoms with van der Waals surface area (Å²) in [5.74, 6) is 0. The molecule has 0 amide bonds. The van der Waals surface area contributed by atoms with Crippen LogP contribution in [0.4, 0.5) is 0 Å². The molecule has 0 bridgehead atoms. The molecule has 66 valence electrons. The molecular weight excluding hydrogens is 200 g/mol. The minimum atomic E-state index is 0.654. The second kappa shape index (κ2) is 4.69. The van der Waals surface area contributed by atoms with Crippen molar-refractivity contribution in [2.24, 2.45) is 0 Å². The molecule has 0 spiro atoms. The lowest BCUT2D eigenvalue weighted by atomic mass is 10.2. The highest BCUT2D eigenvalue weighted by Gasteiger charge is 1.99. The highest BCUT2D eigenvalue weighted by molar-refractivity contribution is 7.94. The van der Waals surface area contributed by atoms with Crippen molar-refractivity contribution in [2.45, 2.75) is 11.8 Å². The number of rotatable bonds is 3. The summed E-state index contributed by atoms with van der Waals surface area (Å²) in [7, 11) is 0. The molecule has 0 unspecified atom stereocenters. The summed E-state index contributed by atoms with van der Waals surface area (Å²) in [6.07, 6.45) is 0. The molecule has 1 aromatic rings. The molecule has 0 aliphatic carbocycles. The van der Waals surface area contributed by atoms with E-state index in [4.69, 9.17) is 16.9 Å². The number of aryl methyl sites for hydroxylation is 1. The van der Waals surface area contributed by atoms with Gasteiger partial charge in [-0.3, -0.25) is 0 Å². The molecule has 0 aliphatic heterocycles. The quantitative estimate of drug-likeness (QED) is 0.469. The summed E-state index contributed by atoms with van der Waals surface area (Å²) in [6.45, 7) is 1.90. The topological polar surface area (TPSA) is 38.7 Å². The van der Waals surface area contributed by atoms with E-state index >= 15 is 0 Å². The van der Waals surface area contributed by atoms with Crippen molar-refractivity contribution in [2.75, 3.05) is 0 Å². The van der Waals surface area contributed by atoms with Gasteiger partial charge in [-0.05, 0) is 24.6 Å². The maximum absolute atomic E-state index is 7.88. The van der Waals surface area contributed by atoms with Crippen LogP contribution in [0.2, 0.25) is 5.02 Å². The smallest absolute Gasteiger partial charge is 0.0714 e. The summed E-state index contributed by atoms with van der Waals surface area (Å²) in [5, 5.41) is 12.0. The molecule has 3 nitrogen and oxygen atoms in total. The summed E-state index contributed by atoms with van der Waals surface area (Å²) in [6, 6.07) is 5.39. The monoisotopic (exact) mass is 206 g/mol. The Morgan fingerprint density at radius 3 is 2.83 bits per heavy atom. The first-order chi connectivity index (χ1) is 5.74. The Labute approximate surface area is 79.3 Å². The van der Waals surface area contributed by atoms with E-state index in [0.717, 1.165) is 22.5 Å². The van der Waals surface area contributed by atoms with Crippen LogP contribution in [0.1, 0.15) is 5.56 Å². The fourth-order valence-electron chi connectivity index (χ4n) is 0.680. The summed E-state index contributed by atoms with van der Waals surface area (Å²) < 4.78 is 4.23. The minimum absolute atomic E-state index is 0.654. The Balaban J connectivity index is 2.69. The molecule has 12 heavy (non-hydrogen) atoms. The maximum atomic E-state index is 7.88. The van der Waals surface area contributed by atoms with Gasteiger partial charge < -0.3 is 0 Å². The van der Waals surface area contributed by atoms with Gasteiger partial charge in [0, 0.05) is 9.92 Å². The Bertz CT molecular complexity index is 267. The zero-order valence-corrected chi connectivity index (χ0v) is 7.85. The van der Waals surface area contributed by atoms with Gasteiger partial charge in [-0.25, -0.2) is 5.26 Å². The molecule has 0 atom stereocenters. The SMILES string of the molecule is Cc1ccc(SOOO)cc1Cl. The summed E-state index contributed by atoms with van der Waals surface area (Å²) in [4.78, 5) is 0.764. The number of hydrogen-bond acceptors (Lipinski definition) is 4. The second-order valence-electron chi connectivity index (χ2n) is 2.14. The van der Waals surface area contributed by atoms with Crippen LogP contribution in [0.15, 0.2) is 23.1 Å². The average Bonchev–Trinajstić information content (AvgIpc) is 2.07. The van der Waals surface area contributed by atoms with E-state index in [1.165, 1.54) is 0 Å². The van der Waals surface area contributed by atoms with Crippen LogP contribution in [0.25, 0.3) is 0 Å². The molecule has 0 fully saturated rings. The molecule has 5 heteroatoms. The second-order valence-corrected chi connectivity index (χ2v) is 3.32. The lowest BCUT2D eigenvalue weighted by molar-refractivity contribution is -0.432. The van der Waals surface area contributed by atoms with Gasteiger partial charge >= 0.3 is 0 Å². The lowest BCUT2D eigenvalue weighted by Gasteiger charge is -2.00. The van der Waals surface area contributed by atoms with Crippen LogP contribution >= 0.6 is 23.6 Å². The van der Waals surface area contributed by atoms with Crippen molar-refractivity contribution in [1.82, 2.24) is 0 Å². The molecule has 0 aliphatic rings. The molecule has 0 heterocycles. The van der Waals surface area contributed by atoms with Gasteiger partial charge in [-0.2, -0.15) is 0 Å². The van der Waals surface area contributed by atoms with Crippen molar-refractivity contribution in [3.63, 3.8) is 0 Å². The van der Waals surface area contributed by atoms with Crippen LogP contribution in [-0.2, 0) is 9.37 Å². The minimum Gasteiger partial charge on any atom is -0.220 e. The third kappa shape index (κ3) is 2.66. The summed E-state index contributed by atoms with van der Waals surface area (Å²) in [5.41, 5.74) is 0.992. The van der Waals surface area contributed by atoms with E-state index in [9.17, 15) is 0 Å². The lowest BCUT2D eigenvalue weighted by Crippen LogP contribution is -1.80. The van der Waals surface area contributed by atoms with Crippen molar-refractivity contribution in [3.05, 3.63) is 28.8 Å². The predicted molar refractivity (Wildman–Crippen MR) is 46.8 cm³/mol. The molecule has 1 aromatic carbocycles. The molecule has 1 rings (SSSR count). The van der Waals surface area contributed by atoms with E-state index in [0.29, 0.717) is 5.02 Å². The number of benzene rings is 1. The first-order valence-corrected chi connectivity index (χ1v) is 4.27. The van der Waals surface area contributed by atoms with E-state index in [-0.39, 0.29) is 0 Å². The van der Waals surface area contributed by atoms with Gasteiger partial charge in [-0.15, -0.1) is 4.33 Å². The number of hydrogen-bond donors (Lipinski definition) is 1. The van der Waals surface area contributed by atoms with Crippen molar-refractivity contribution in [3.8, 4) is 0 Å². The van der Waals surface area contributed by atoms with Gasteiger partial charge in [0.15, 0.2) is 0 Å². The highest BCUT2D eigenvalue weighted by atomic mass is 35.5. The van der Waals surface area contributed by atoms with Crippen LogP contribution in [0.3, 0.4) is 0 Å². The Morgan fingerprint density at radius 1 is 1.50 bits per heavy atom. The molecule has 1 N–H and O–H groups in total. The Hall–Kier alpha value is -0.260.